The maximum Gasteiger partial charge on any atom is 0.335 e. The molecule has 3 unspecified atom stereocenters. The van der Waals surface area contributed by atoms with E-state index in [2.05, 4.69) is 19.2 Å². The van der Waals surface area contributed by atoms with E-state index in [4.69, 9.17) is 9.84 Å². The van der Waals surface area contributed by atoms with Crippen molar-refractivity contribution in [3.63, 3.8) is 0 Å². The Morgan fingerprint density at radius 3 is 2.55 bits per heavy atom. The van der Waals surface area contributed by atoms with Crippen molar-refractivity contribution in [1.82, 2.24) is 5.32 Å². The fourth-order valence-corrected chi connectivity index (χ4v) is 2.76. The van der Waals surface area contributed by atoms with Gasteiger partial charge in [-0.05, 0) is 48.9 Å². The third kappa shape index (κ3) is 3.73. The van der Waals surface area contributed by atoms with Crippen LogP contribution in [0.15, 0.2) is 24.3 Å². The molecular formula is C16H23NO3. The summed E-state index contributed by atoms with van der Waals surface area (Å²) >= 11 is 0. The van der Waals surface area contributed by atoms with Crippen LogP contribution in [0.2, 0.25) is 0 Å². The van der Waals surface area contributed by atoms with Gasteiger partial charge in [0.25, 0.3) is 0 Å². The molecule has 3 atom stereocenters. The highest BCUT2D eigenvalue weighted by molar-refractivity contribution is 5.87. The summed E-state index contributed by atoms with van der Waals surface area (Å²) in [6.07, 6.45) is 2.55. The molecule has 1 aromatic carbocycles. The second-order valence-electron chi connectivity index (χ2n) is 5.65. The summed E-state index contributed by atoms with van der Waals surface area (Å²) < 4.78 is 5.61. The van der Waals surface area contributed by atoms with E-state index < -0.39 is 5.97 Å². The van der Waals surface area contributed by atoms with Gasteiger partial charge in [0.2, 0.25) is 0 Å². The van der Waals surface area contributed by atoms with Gasteiger partial charge in [-0.25, -0.2) is 4.79 Å². The van der Waals surface area contributed by atoms with Crippen molar-refractivity contribution in [1.29, 1.82) is 0 Å². The number of hydrogen-bond donors (Lipinski definition) is 2. The Morgan fingerprint density at radius 2 is 2.00 bits per heavy atom. The summed E-state index contributed by atoms with van der Waals surface area (Å²) in [5, 5.41) is 12.3. The van der Waals surface area contributed by atoms with E-state index >= 15 is 0 Å². The highest BCUT2D eigenvalue weighted by Gasteiger charge is 2.28. The van der Waals surface area contributed by atoms with Crippen LogP contribution in [0.25, 0.3) is 0 Å². The molecule has 2 rings (SSSR count). The van der Waals surface area contributed by atoms with Crippen LogP contribution in [0.1, 0.15) is 37.0 Å². The Balaban J connectivity index is 1.69. The largest absolute Gasteiger partial charge is 0.492 e. The first-order chi connectivity index (χ1) is 9.58. The lowest BCUT2D eigenvalue weighted by atomic mass is 9.98. The van der Waals surface area contributed by atoms with Gasteiger partial charge in [-0.3, -0.25) is 0 Å². The Hall–Kier alpha value is -1.55. The Kier molecular flexibility index (Phi) is 5.01. The van der Waals surface area contributed by atoms with Crippen LogP contribution >= 0.6 is 0 Å². The smallest absolute Gasteiger partial charge is 0.335 e. The first kappa shape index (κ1) is 14.9. The standard InChI is InChI=1S/C16H23NO3/c1-11-3-8-15(12(11)2)17-9-10-20-14-6-4-13(5-7-14)16(18)19/h4-7,11-12,15,17H,3,8-10H2,1-2H3,(H,18,19). The zero-order valence-corrected chi connectivity index (χ0v) is 12.1. The zero-order chi connectivity index (χ0) is 14.5. The lowest BCUT2D eigenvalue weighted by Crippen LogP contribution is -2.35. The van der Waals surface area contributed by atoms with Gasteiger partial charge in [-0.1, -0.05) is 13.8 Å². The van der Waals surface area contributed by atoms with Crippen molar-refractivity contribution in [3.05, 3.63) is 29.8 Å². The molecule has 0 amide bonds. The highest BCUT2D eigenvalue weighted by atomic mass is 16.5. The lowest BCUT2D eigenvalue weighted by Gasteiger charge is -2.19. The number of rotatable bonds is 6. The van der Waals surface area contributed by atoms with E-state index in [1.165, 1.54) is 12.8 Å². The fraction of sp³-hybridized carbons (Fsp3) is 0.562. The summed E-state index contributed by atoms with van der Waals surface area (Å²) in [5.74, 6) is 1.33. The summed E-state index contributed by atoms with van der Waals surface area (Å²) in [6.45, 7) is 6.04. The zero-order valence-electron chi connectivity index (χ0n) is 12.1. The van der Waals surface area contributed by atoms with E-state index in [1.807, 2.05) is 0 Å². The van der Waals surface area contributed by atoms with Gasteiger partial charge in [0, 0.05) is 12.6 Å². The predicted molar refractivity (Wildman–Crippen MR) is 78.2 cm³/mol. The topological polar surface area (TPSA) is 58.6 Å². The molecule has 1 aliphatic rings. The molecule has 110 valence electrons. The maximum absolute atomic E-state index is 10.7. The number of carboxylic acids is 1. The number of aromatic carboxylic acids is 1. The first-order valence-corrected chi connectivity index (χ1v) is 7.27. The van der Waals surface area contributed by atoms with Crippen LogP contribution in [0, 0.1) is 11.8 Å². The van der Waals surface area contributed by atoms with Gasteiger partial charge >= 0.3 is 5.97 Å². The van der Waals surface area contributed by atoms with Crippen LogP contribution in [-0.4, -0.2) is 30.3 Å². The third-order valence-electron chi connectivity index (χ3n) is 4.34. The Morgan fingerprint density at radius 1 is 1.30 bits per heavy atom. The van der Waals surface area contributed by atoms with Crippen molar-refractivity contribution in [2.45, 2.75) is 32.7 Å². The molecule has 1 saturated carbocycles. The molecule has 0 aliphatic heterocycles. The number of benzene rings is 1. The van der Waals surface area contributed by atoms with Gasteiger partial charge < -0.3 is 15.2 Å². The van der Waals surface area contributed by atoms with E-state index in [1.54, 1.807) is 24.3 Å². The molecule has 0 saturated heterocycles. The molecule has 0 aromatic heterocycles. The summed E-state index contributed by atoms with van der Waals surface area (Å²) in [5.41, 5.74) is 0.282. The van der Waals surface area contributed by atoms with Crippen LogP contribution in [0.3, 0.4) is 0 Å². The fourth-order valence-electron chi connectivity index (χ4n) is 2.76. The molecule has 4 heteroatoms. The molecule has 20 heavy (non-hydrogen) atoms. The number of carboxylic acid groups (broad SMARTS) is 1. The third-order valence-corrected chi connectivity index (χ3v) is 4.34. The van der Waals surface area contributed by atoms with Crippen LogP contribution in [0.4, 0.5) is 0 Å². The van der Waals surface area contributed by atoms with Crippen LogP contribution in [0.5, 0.6) is 5.75 Å². The molecule has 1 fully saturated rings. The SMILES string of the molecule is CC1CCC(NCCOc2ccc(C(=O)O)cc2)C1C. The van der Waals surface area contributed by atoms with E-state index in [-0.39, 0.29) is 5.56 Å². The van der Waals surface area contributed by atoms with Crippen LogP contribution < -0.4 is 10.1 Å². The molecule has 0 heterocycles. The van der Waals surface area contributed by atoms with Gasteiger partial charge in [-0.2, -0.15) is 0 Å². The summed E-state index contributed by atoms with van der Waals surface area (Å²) in [6, 6.07) is 7.12. The second-order valence-corrected chi connectivity index (χ2v) is 5.65. The van der Waals surface area contributed by atoms with Gasteiger partial charge in [0.1, 0.15) is 12.4 Å². The lowest BCUT2D eigenvalue weighted by molar-refractivity contribution is 0.0697. The predicted octanol–water partition coefficient (Wildman–Crippen LogP) is 2.79. The van der Waals surface area contributed by atoms with Crippen molar-refractivity contribution >= 4 is 5.97 Å². The van der Waals surface area contributed by atoms with E-state index in [0.29, 0.717) is 18.4 Å². The number of nitrogens with one attached hydrogen (secondary N) is 1. The normalized spacial score (nSPS) is 25.6. The Bertz CT molecular complexity index is 444. The van der Waals surface area contributed by atoms with E-state index in [0.717, 1.165) is 18.4 Å². The van der Waals surface area contributed by atoms with Gasteiger partial charge in [-0.15, -0.1) is 0 Å². The molecule has 0 bridgehead atoms. The van der Waals surface area contributed by atoms with E-state index in [9.17, 15) is 4.79 Å². The minimum absolute atomic E-state index is 0.282. The first-order valence-electron chi connectivity index (χ1n) is 7.27. The molecule has 2 N–H and O–H groups in total. The number of carbonyl (C=O) groups is 1. The maximum atomic E-state index is 10.7. The van der Waals surface area contributed by atoms with Gasteiger partial charge in [0.15, 0.2) is 0 Å². The molecule has 1 aliphatic carbocycles. The molecule has 4 nitrogen and oxygen atoms in total. The van der Waals surface area contributed by atoms with Crippen LogP contribution in [-0.2, 0) is 0 Å². The molecule has 0 spiro atoms. The minimum atomic E-state index is -0.914. The molecular weight excluding hydrogens is 254 g/mol. The van der Waals surface area contributed by atoms with Crippen molar-refractivity contribution < 1.29 is 14.6 Å². The number of hydrogen-bond acceptors (Lipinski definition) is 3. The second kappa shape index (κ2) is 6.75. The quantitative estimate of drug-likeness (QED) is 0.785. The highest BCUT2D eigenvalue weighted by Crippen LogP contribution is 2.30. The van der Waals surface area contributed by atoms with Crippen molar-refractivity contribution in [2.24, 2.45) is 11.8 Å². The molecule has 0 radical (unpaired) electrons. The average Bonchev–Trinajstić information content (AvgIpc) is 2.76. The minimum Gasteiger partial charge on any atom is -0.492 e. The average molecular weight is 277 g/mol. The summed E-state index contributed by atoms with van der Waals surface area (Å²) in [7, 11) is 0. The Labute approximate surface area is 120 Å². The van der Waals surface area contributed by atoms with Crippen molar-refractivity contribution in [3.8, 4) is 5.75 Å². The van der Waals surface area contributed by atoms with Gasteiger partial charge in [0.05, 0.1) is 5.56 Å². The monoisotopic (exact) mass is 277 g/mol. The summed E-state index contributed by atoms with van der Waals surface area (Å²) in [4.78, 5) is 10.7. The molecule has 1 aromatic rings. The van der Waals surface area contributed by atoms with Crippen molar-refractivity contribution in [2.75, 3.05) is 13.2 Å². The number of ether oxygens (including phenoxy) is 1.